The summed E-state index contributed by atoms with van der Waals surface area (Å²) >= 11 is 0. The van der Waals surface area contributed by atoms with Crippen molar-refractivity contribution in [3.8, 4) is 5.69 Å². The number of carbonyl (C=O) groups is 2. The van der Waals surface area contributed by atoms with E-state index in [4.69, 9.17) is 4.74 Å². The number of aryl methyl sites for hydroxylation is 1. The van der Waals surface area contributed by atoms with E-state index in [0.717, 1.165) is 17.7 Å². The van der Waals surface area contributed by atoms with E-state index in [1.54, 1.807) is 35.6 Å². The molecule has 4 rings (SSSR count). The fraction of sp³-hybridized carbons (Fsp3) is 0.227. The molecule has 0 unspecified atom stereocenters. The van der Waals surface area contributed by atoms with Crippen LogP contribution in [0, 0.1) is 19.7 Å². The maximum atomic E-state index is 13.2. The molecule has 0 saturated heterocycles. The van der Waals surface area contributed by atoms with Gasteiger partial charge in [-0.2, -0.15) is 5.10 Å². The second-order valence-corrected chi connectivity index (χ2v) is 6.93. The summed E-state index contributed by atoms with van der Waals surface area (Å²) in [6.45, 7) is 3.67. The lowest BCUT2D eigenvalue weighted by Crippen LogP contribution is -2.33. The van der Waals surface area contributed by atoms with Gasteiger partial charge in [0.1, 0.15) is 11.4 Å². The largest absolute Gasteiger partial charge is 0.452 e. The van der Waals surface area contributed by atoms with Crippen LogP contribution in [0.25, 0.3) is 5.69 Å². The van der Waals surface area contributed by atoms with Crippen LogP contribution in [0.4, 0.5) is 10.1 Å². The van der Waals surface area contributed by atoms with Crippen LogP contribution in [-0.4, -0.2) is 34.8 Å². The number of nitrogens with zero attached hydrogens (tertiary/aromatic N) is 3. The van der Waals surface area contributed by atoms with Crippen molar-refractivity contribution in [2.75, 3.05) is 18.1 Å². The molecule has 0 atom stereocenters. The molecular weight excluding hydrogens is 373 g/mol. The summed E-state index contributed by atoms with van der Waals surface area (Å²) in [5, 5.41) is 4.36. The van der Waals surface area contributed by atoms with Crippen molar-refractivity contribution in [1.29, 1.82) is 0 Å². The maximum absolute atomic E-state index is 13.2. The minimum Gasteiger partial charge on any atom is -0.452 e. The van der Waals surface area contributed by atoms with E-state index in [1.165, 1.54) is 12.1 Å². The zero-order chi connectivity index (χ0) is 20.5. The van der Waals surface area contributed by atoms with Crippen LogP contribution in [-0.2, 0) is 16.0 Å². The van der Waals surface area contributed by atoms with E-state index in [-0.39, 0.29) is 18.3 Å². The molecule has 0 saturated carbocycles. The fourth-order valence-electron chi connectivity index (χ4n) is 3.65. The smallest absolute Gasteiger partial charge is 0.342 e. The number of carbonyl (C=O) groups excluding carboxylic acids is 2. The van der Waals surface area contributed by atoms with Crippen LogP contribution in [0.1, 0.15) is 27.3 Å². The molecule has 0 spiro atoms. The number of aromatic nitrogens is 2. The lowest BCUT2D eigenvalue weighted by molar-refractivity contribution is -0.121. The van der Waals surface area contributed by atoms with Gasteiger partial charge in [0, 0.05) is 12.2 Å². The van der Waals surface area contributed by atoms with E-state index in [2.05, 4.69) is 5.10 Å². The normalized spacial score (nSPS) is 12.7. The van der Waals surface area contributed by atoms with Gasteiger partial charge in [0.05, 0.1) is 17.1 Å². The quantitative estimate of drug-likeness (QED) is 0.638. The highest BCUT2D eigenvalue weighted by Crippen LogP contribution is 2.27. The van der Waals surface area contributed by atoms with Gasteiger partial charge in [-0.3, -0.25) is 4.79 Å². The number of hydrogen-bond donors (Lipinski definition) is 0. The first kappa shape index (κ1) is 18.9. The molecule has 6 nitrogen and oxygen atoms in total. The Kier molecular flexibility index (Phi) is 4.88. The van der Waals surface area contributed by atoms with Crippen LogP contribution in [0.5, 0.6) is 0 Å². The molecule has 2 heterocycles. The molecule has 0 fully saturated rings. The first-order valence-corrected chi connectivity index (χ1v) is 9.33. The van der Waals surface area contributed by atoms with Gasteiger partial charge in [0.25, 0.3) is 5.91 Å². The average molecular weight is 393 g/mol. The lowest BCUT2D eigenvalue weighted by atomic mass is 10.2. The molecule has 0 bridgehead atoms. The highest BCUT2D eigenvalue weighted by molar-refractivity contribution is 5.99. The molecule has 0 radical (unpaired) electrons. The molecule has 1 aliphatic heterocycles. The minimum absolute atomic E-state index is 0.260. The molecule has 0 aliphatic carbocycles. The van der Waals surface area contributed by atoms with Gasteiger partial charge < -0.3 is 9.64 Å². The molecule has 0 N–H and O–H groups in total. The van der Waals surface area contributed by atoms with Crippen molar-refractivity contribution in [2.45, 2.75) is 20.3 Å². The van der Waals surface area contributed by atoms with Crippen LogP contribution in [0.2, 0.25) is 0 Å². The number of rotatable bonds is 4. The molecule has 2 aromatic carbocycles. The molecule has 1 aliphatic rings. The van der Waals surface area contributed by atoms with E-state index < -0.39 is 5.97 Å². The molecule has 29 heavy (non-hydrogen) atoms. The summed E-state index contributed by atoms with van der Waals surface area (Å²) in [6, 6.07) is 13.5. The Morgan fingerprint density at radius 2 is 1.83 bits per heavy atom. The van der Waals surface area contributed by atoms with E-state index in [1.807, 2.05) is 24.3 Å². The number of fused-ring (bicyclic) bond motifs is 1. The van der Waals surface area contributed by atoms with Gasteiger partial charge >= 0.3 is 5.97 Å². The summed E-state index contributed by atoms with van der Waals surface area (Å²) in [5.74, 6) is -1.21. The van der Waals surface area contributed by atoms with Crippen molar-refractivity contribution < 1.29 is 18.7 Å². The van der Waals surface area contributed by atoms with Gasteiger partial charge in [0.2, 0.25) is 0 Å². The predicted octanol–water partition coefficient (Wildman–Crippen LogP) is 3.37. The standard InChI is InChI=1S/C22H20FN3O3/c1-14-21(15(2)26(24-14)18-9-7-17(23)8-10-18)22(28)29-13-20(27)25-12-11-16-5-3-4-6-19(16)25/h3-10H,11-13H2,1-2H3. The Bertz CT molecular complexity index is 1090. The first-order valence-electron chi connectivity index (χ1n) is 9.33. The third kappa shape index (κ3) is 3.51. The number of hydrogen-bond acceptors (Lipinski definition) is 4. The molecule has 7 heteroatoms. The summed E-state index contributed by atoms with van der Waals surface area (Å²) in [4.78, 5) is 26.9. The molecular formula is C22H20FN3O3. The topological polar surface area (TPSA) is 64.4 Å². The van der Waals surface area contributed by atoms with Crippen LogP contribution >= 0.6 is 0 Å². The van der Waals surface area contributed by atoms with Crippen molar-refractivity contribution in [3.05, 3.63) is 76.9 Å². The highest BCUT2D eigenvalue weighted by Gasteiger charge is 2.26. The second kappa shape index (κ2) is 7.50. The number of halogens is 1. The molecule has 1 amide bonds. The van der Waals surface area contributed by atoms with Gasteiger partial charge in [-0.05, 0) is 56.2 Å². The summed E-state index contributed by atoms with van der Waals surface area (Å²) in [7, 11) is 0. The Morgan fingerprint density at radius 1 is 1.10 bits per heavy atom. The Labute approximate surface area is 167 Å². The van der Waals surface area contributed by atoms with Crippen molar-refractivity contribution in [3.63, 3.8) is 0 Å². The predicted molar refractivity (Wildman–Crippen MR) is 106 cm³/mol. The van der Waals surface area contributed by atoms with Crippen LogP contribution in [0.3, 0.4) is 0 Å². The van der Waals surface area contributed by atoms with Gasteiger partial charge in [-0.25, -0.2) is 13.9 Å². The first-order chi connectivity index (χ1) is 14.0. The third-order valence-electron chi connectivity index (χ3n) is 5.08. The third-order valence-corrected chi connectivity index (χ3v) is 5.08. The average Bonchev–Trinajstić information content (AvgIpc) is 3.27. The number of anilines is 1. The second-order valence-electron chi connectivity index (χ2n) is 6.93. The Morgan fingerprint density at radius 3 is 2.59 bits per heavy atom. The summed E-state index contributed by atoms with van der Waals surface area (Å²) in [5.41, 5.74) is 3.97. The van der Waals surface area contributed by atoms with Gasteiger partial charge in [0.15, 0.2) is 6.61 Å². The summed E-state index contributed by atoms with van der Waals surface area (Å²) in [6.07, 6.45) is 0.790. The zero-order valence-electron chi connectivity index (χ0n) is 16.2. The van der Waals surface area contributed by atoms with Crippen LogP contribution < -0.4 is 4.90 Å². The monoisotopic (exact) mass is 393 g/mol. The van der Waals surface area contributed by atoms with Crippen molar-refractivity contribution in [1.82, 2.24) is 9.78 Å². The molecule has 3 aromatic rings. The number of benzene rings is 2. The number of esters is 1. The molecule has 148 valence electrons. The van der Waals surface area contributed by atoms with Gasteiger partial charge in [-0.1, -0.05) is 18.2 Å². The lowest BCUT2D eigenvalue weighted by Gasteiger charge is -2.17. The van der Waals surface area contributed by atoms with E-state index in [9.17, 15) is 14.0 Å². The minimum atomic E-state index is -0.603. The SMILES string of the molecule is Cc1nn(-c2ccc(F)cc2)c(C)c1C(=O)OCC(=O)N1CCc2ccccc21. The number of ether oxygens (including phenoxy) is 1. The van der Waals surface area contributed by atoms with Crippen LogP contribution in [0.15, 0.2) is 48.5 Å². The number of para-hydroxylation sites is 1. The van der Waals surface area contributed by atoms with E-state index >= 15 is 0 Å². The Hall–Kier alpha value is -3.48. The van der Waals surface area contributed by atoms with Crippen molar-refractivity contribution in [2.24, 2.45) is 0 Å². The van der Waals surface area contributed by atoms with Gasteiger partial charge in [-0.15, -0.1) is 0 Å². The van der Waals surface area contributed by atoms with Crippen molar-refractivity contribution >= 4 is 17.6 Å². The zero-order valence-corrected chi connectivity index (χ0v) is 16.2. The molecule has 1 aromatic heterocycles. The van der Waals surface area contributed by atoms with E-state index in [0.29, 0.717) is 29.2 Å². The maximum Gasteiger partial charge on any atom is 0.342 e. The fourth-order valence-corrected chi connectivity index (χ4v) is 3.65. The number of amides is 1. The highest BCUT2D eigenvalue weighted by atomic mass is 19.1. The summed E-state index contributed by atoms with van der Waals surface area (Å²) < 4.78 is 20.0. The Balaban J connectivity index is 1.48.